The maximum absolute atomic E-state index is 13.1. The monoisotopic (exact) mass is 549 g/mol. The smallest absolute Gasteiger partial charge is 0.335 e. The van der Waals surface area contributed by atoms with Crippen LogP contribution in [0.5, 0.6) is 5.75 Å². The van der Waals surface area contributed by atoms with Crippen molar-refractivity contribution in [2.75, 3.05) is 4.90 Å². The van der Waals surface area contributed by atoms with Crippen LogP contribution in [-0.4, -0.2) is 22.8 Å². The summed E-state index contributed by atoms with van der Waals surface area (Å²) in [6.45, 7) is 3.98. The predicted octanol–water partition coefficient (Wildman–Crippen LogP) is 5.22. The molecular formula is C26H20BrN3O6. The molecule has 4 rings (SSSR count). The van der Waals surface area contributed by atoms with E-state index in [4.69, 9.17) is 4.74 Å². The van der Waals surface area contributed by atoms with Gasteiger partial charge in [0.2, 0.25) is 0 Å². The summed E-state index contributed by atoms with van der Waals surface area (Å²) >= 11 is 3.43. The van der Waals surface area contributed by atoms with E-state index in [1.807, 2.05) is 13.8 Å². The Balaban J connectivity index is 1.53. The third-order valence-electron chi connectivity index (χ3n) is 5.66. The highest BCUT2D eigenvalue weighted by molar-refractivity contribution is 9.10. The quantitative estimate of drug-likeness (QED) is 0.195. The number of benzene rings is 3. The number of urea groups is 1. The van der Waals surface area contributed by atoms with E-state index in [0.29, 0.717) is 21.5 Å². The molecule has 9 nitrogen and oxygen atoms in total. The number of hydrogen-bond acceptors (Lipinski definition) is 6. The molecule has 4 amide bonds. The Kier molecular flexibility index (Phi) is 6.98. The number of imide groups is 2. The summed E-state index contributed by atoms with van der Waals surface area (Å²) in [7, 11) is 0. The highest BCUT2D eigenvalue weighted by atomic mass is 79.9. The van der Waals surface area contributed by atoms with Gasteiger partial charge in [-0.1, -0.05) is 12.1 Å². The molecule has 1 aliphatic rings. The van der Waals surface area contributed by atoms with Crippen LogP contribution in [0.1, 0.15) is 22.3 Å². The summed E-state index contributed by atoms with van der Waals surface area (Å²) in [6.07, 6.45) is 1.41. The number of anilines is 1. The zero-order valence-corrected chi connectivity index (χ0v) is 20.9. The standard InChI is InChI=1S/C26H20BrN3O6/c1-15-3-7-20(11-16(15)2)29-25(32)21(24(31)28-26(29)33)12-18-6-10-23(22(27)13-18)36-14-17-4-8-19(9-5-17)30(34)35/h3-13H,14H2,1-2H3,(H,28,31,33)/b21-12+. The summed E-state index contributed by atoms with van der Waals surface area (Å²) in [5, 5.41) is 13.0. The maximum atomic E-state index is 13.1. The molecule has 0 bridgehead atoms. The van der Waals surface area contributed by atoms with E-state index in [1.165, 1.54) is 18.2 Å². The lowest BCUT2D eigenvalue weighted by Crippen LogP contribution is -2.54. The molecule has 1 aliphatic heterocycles. The van der Waals surface area contributed by atoms with Crippen LogP contribution in [0, 0.1) is 24.0 Å². The van der Waals surface area contributed by atoms with Crippen LogP contribution in [-0.2, 0) is 16.2 Å². The van der Waals surface area contributed by atoms with E-state index in [2.05, 4.69) is 21.2 Å². The first kappa shape index (κ1) is 24.8. The van der Waals surface area contributed by atoms with Gasteiger partial charge in [0.25, 0.3) is 17.5 Å². The van der Waals surface area contributed by atoms with Gasteiger partial charge in [-0.15, -0.1) is 0 Å². The van der Waals surface area contributed by atoms with Gasteiger partial charge >= 0.3 is 6.03 Å². The van der Waals surface area contributed by atoms with Crippen molar-refractivity contribution in [1.29, 1.82) is 0 Å². The number of halogens is 1. The molecule has 36 heavy (non-hydrogen) atoms. The number of nitro benzene ring substituents is 1. The van der Waals surface area contributed by atoms with Crippen molar-refractivity contribution in [2.24, 2.45) is 0 Å². The molecule has 0 aliphatic carbocycles. The van der Waals surface area contributed by atoms with Crippen molar-refractivity contribution in [2.45, 2.75) is 20.5 Å². The number of carbonyl (C=O) groups excluding carboxylic acids is 3. The molecule has 1 fully saturated rings. The molecule has 0 radical (unpaired) electrons. The molecule has 182 valence electrons. The van der Waals surface area contributed by atoms with Crippen LogP contribution >= 0.6 is 15.9 Å². The molecule has 1 saturated heterocycles. The second kappa shape index (κ2) is 10.1. The molecule has 0 atom stereocenters. The van der Waals surface area contributed by atoms with Crippen LogP contribution < -0.4 is 15.0 Å². The Morgan fingerprint density at radius 1 is 1.00 bits per heavy atom. The molecule has 10 heteroatoms. The van der Waals surface area contributed by atoms with Gasteiger partial charge in [-0.25, -0.2) is 9.69 Å². The number of aryl methyl sites for hydroxylation is 2. The number of nitrogens with zero attached hydrogens (tertiary/aromatic N) is 2. The Morgan fingerprint density at radius 2 is 1.72 bits per heavy atom. The molecule has 0 aromatic heterocycles. The van der Waals surface area contributed by atoms with Crippen LogP contribution in [0.4, 0.5) is 16.2 Å². The zero-order valence-electron chi connectivity index (χ0n) is 19.3. The van der Waals surface area contributed by atoms with E-state index in [9.17, 15) is 24.5 Å². The molecule has 3 aromatic rings. The summed E-state index contributed by atoms with van der Waals surface area (Å²) in [4.78, 5) is 49.3. The maximum Gasteiger partial charge on any atom is 0.335 e. The Labute approximate surface area is 214 Å². The van der Waals surface area contributed by atoms with Gasteiger partial charge in [0.15, 0.2) is 0 Å². The van der Waals surface area contributed by atoms with Crippen molar-refractivity contribution < 1.29 is 24.0 Å². The highest BCUT2D eigenvalue weighted by Crippen LogP contribution is 2.29. The number of nitrogens with one attached hydrogen (secondary N) is 1. The number of hydrogen-bond donors (Lipinski definition) is 1. The van der Waals surface area contributed by atoms with Crippen LogP contribution in [0.2, 0.25) is 0 Å². The highest BCUT2D eigenvalue weighted by Gasteiger charge is 2.36. The van der Waals surface area contributed by atoms with Gasteiger partial charge < -0.3 is 4.74 Å². The van der Waals surface area contributed by atoms with Gasteiger partial charge in [-0.05, 0) is 94.5 Å². The normalized spacial score (nSPS) is 14.7. The first-order valence-corrected chi connectivity index (χ1v) is 11.6. The minimum absolute atomic E-state index is 0.00334. The van der Waals surface area contributed by atoms with Crippen molar-refractivity contribution in [3.8, 4) is 5.75 Å². The van der Waals surface area contributed by atoms with Crippen LogP contribution in [0.15, 0.2) is 70.7 Å². The number of nitro groups is 1. The van der Waals surface area contributed by atoms with Gasteiger partial charge in [0.1, 0.15) is 17.9 Å². The van der Waals surface area contributed by atoms with Crippen LogP contribution in [0.3, 0.4) is 0 Å². The molecule has 0 spiro atoms. The van der Waals surface area contributed by atoms with Crippen molar-refractivity contribution in [1.82, 2.24) is 5.32 Å². The number of amides is 4. The second-order valence-electron chi connectivity index (χ2n) is 8.13. The first-order chi connectivity index (χ1) is 17.1. The minimum atomic E-state index is -0.804. The van der Waals surface area contributed by atoms with E-state index < -0.39 is 22.8 Å². The number of rotatable bonds is 6. The van der Waals surface area contributed by atoms with Gasteiger partial charge in [0, 0.05) is 12.1 Å². The van der Waals surface area contributed by atoms with Gasteiger partial charge in [-0.2, -0.15) is 0 Å². The fraction of sp³-hybridized carbons (Fsp3) is 0.115. The lowest BCUT2D eigenvalue weighted by Gasteiger charge is -2.26. The minimum Gasteiger partial charge on any atom is -0.488 e. The van der Waals surface area contributed by atoms with Crippen molar-refractivity contribution in [3.63, 3.8) is 0 Å². The number of ether oxygens (including phenoxy) is 1. The molecular weight excluding hydrogens is 530 g/mol. The largest absolute Gasteiger partial charge is 0.488 e. The number of carbonyl (C=O) groups is 3. The SMILES string of the molecule is Cc1ccc(N2C(=O)NC(=O)/C(=C\c3ccc(OCc4ccc([N+](=O)[O-])cc4)c(Br)c3)C2=O)cc1C. The fourth-order valence-corrected chi connectivity index (χ4v) is 4.03. The van der Waals surface area contributed by atoms with Crippen molar-refractivity contribution in [3.05, 3.63) is 103 Å². The first-order valence-electron chi connectivity index (χ1n) is 10.8. The van der Waals surface area contributed by atoms with E-state index in [0.717, 1.165) is 21.6 Å². The molecule has 3 aromatic carbocycles. The number of barbiturate groups is 1. The topological polar surface area (TPSA) is 119 Å². The second-order valence-corrected chi connectivity index (χ2v) is 8.98. The van der Waals surface area contributed by atoms with E-state index in [1.54, 1.807) is 48.5 Å². The van der Waals surface area contributed by atoms with Gasteiger partial charge in [0.05, 0.1) is 15.1 Å². The number of non-ortho nitro benzene ring substituents is 1. The summed E-state index contributed by atoms with van der Waals surface area (Å²) in [5.74, 6) is -0.997. The summed E-state index contributed by atoms with van der Waals surface area (Å²) in [5.41, 5.74) is 3.39. The molecule has 0 unspecified atom stereocenters. The molecule has 1 heterocycles. The Morgan fingerprint density at radius 3 is 2.36 bits per heavy atom. The third-order valence-corrected chi connectivity index (χ3v) is 6.28. The lowest BCUT2D eigenvalue weighted by atomic mass is 10.1. The average molecular weight is 550 g/mol. The van der Waals surface area contributed by atoms with Gasteiger partial charge in [-0.3, -0.25) is 25.0 Å². The Bertz CT molecular complexity index is 1430. The third kappa shape index (κ3) is 5.18. The molecule has 1 N–H and O–H groups in total. The van der Waals surface area contributed by atoms with Crippen LogP contribution in [0.25, 0.3) is 6.08 Å². The van der Waals surface area contributed by atoms with Crippen molar-refractivity contribution >= 4 is 51.2 Å². The summed E-state index contributed by atoms with van der Waals surface area (Å²) < 4.78 is 6.36. The lowest BCUT2D eigenvalue weighted by molar-refractivity contribution is -0.384. The molecule has 0 saturated carbocycles. The Hall–Kier alpha value is -4.31. The average Bonchev–Trinajstić information content (AvgIpc) is 2.83. The zero-order chi connectivity index (χ0) is 26.0. The fourth-order valence-electron chi connectivity index (χ4n) is 3.52. The summed E-state index contributed by atoms with van der Waals surface area (Å²) in [6, 6.07) is 15.4. The predicted molar refractivity (Wildman–Crippen MR) is 136 cm³/mol. The van der Waals surface area contributed by atoms with E-state index in [-0.39, 0.29) is 17.9 Å². The van der Waals surface area contributed by atoms with E-state index >= 15 is 0 Å².